The zero-order chi connectivity index (χ0) is 24.4. The number of benzene rings is 2. The summed E-state index contributed by atoms with van der Waals surface area (Å²) in [5, 5.41) is 0.706. The number of pyridine rings is 1. The summed E-state index contributed by atoms with van der Waals surface area (Å²) in [6, 6.07) is 23.6. The average Bonchev–Trinajstić information content (AvgIpc) is 3.28. The lowest BCUT2D eigenvalue weighted by Crippen LogP contribution is -2.21. The summed E-state index contributed by atoms with van der Waals surface area (Å²) < 4.78 is 2.00. The summed E-state index contributed by atoms with van der Waals surface area (Å²) in [6.07, 6.45) is 6.65. The Balaban J connectivity index is 1.59. The van der Waals surface area contributed by atoms with E-state index in [1.165, 1.54) is 6.33 Å². The molecule has 0 unspecified atom stereocenters. The van der Waals surface area contributed by atoms with Crippen molar-refractivity contribution in [1.82, 2.24) is 19.5 Å². The van der Waals surface area contributed by atoms with Crippen molar-refractivity contribution in [2.75, 3.05) is 0 Å². The molecule has 3 heterocycles. The van der Waals surface area contributed by atoms with Crippen LogP contribution in [0.15, 0.2) is 103 Å². The minimum atomic E-state index is -0.245. The van der Waals surface area contributed by atoms with Crippen LogP contribution >= 0.6 is 0 Å². The Bertz CT molecular complexity index is 1490. The maximum Gasteiger partial charge on any atom is 0.213 e. The van der Waals surface area contributed by atoms with Crippen LogP contribution in [0.3, 0.4) is 0 Å². The van der Waals surface area contributed by atoms with Crippen molar-refractivity contribution in [3.63, 3.8) is 0 Å². The lowest BCUT2D eigenvalue weighted by molar-refractivity contribution is 0.103. The Morgan fingerprint density at radius 1 is 0.886 bits per heavy atom. The molecule has 6 heteroatoms. The van der Waals surface area contributed by atoms with Gasteiger partial charge in [0.15, 0.2) is 0 Å². The Hall–Kier alpha value is -4.45. The van der Waals surface area contributed by atoms with Crippen LogP contribution in [0.1, 0.15) is 48.0 Å². The molecule has 0 aliphatic heterocycles. The molecule has 0 amide bonds. The van der Waals surface area contributed by atoms with Gasteiger partial charge in [0.1, 0.15) is 17.7 Å². The topological polar surface area (TPSA) is 73.0 Å². The molecule has 0 saturated carbocycles. The highest BCUT2D eigenvalue weighted by molar-refractivity contribution is 6.16. The summed E-state index contributed by atoms with van der Waals surface area (Å²) in [6.45, 7) is 6.22. The average molecular weight is 460 g/mol. The molecule has 0 spiro atoms. The second-order valence-corrected chi connectivity index (χ2v) is 9.26. The van der Waals surface area contributed by atoms with Gasteiger partial charge in [-0.25, -0.2) is 15.0 Å². The molecule has 5 aromatic rings. The van der Waals surface area contributed by atoms with E-state index in [1.54, 1.807) is 18.5 Å². The summed E-state index contributed by atoms with van der Waals surface area (Å²) in [5.74, 6) is -0.189. The van der Waals surface area contributed by atoms with Crippen molar-refractivity contribution in [2.24, 2.45) is 4.99 Å². The van der Waals surface area contributed by atoms with E-state index in [1.807, 2.05) is 77.5 Å². The normalized spacial score (nSPS) is 11.4. The number of carbonyl (C=O) groups excluding carboxylic acids is 1. The minimum absolute atomic E-state index is 0.189. The molecule has 0 bridgehead atoms. The van der Waals surface area contributed by atoms with Crippen LogP contribution in [0, 0.1) is 0 Å². The molecule has 0 N–H and O–H groups in total. The van der Waals surface area contributed by atoms with Gasteiger partial charge in [-0.1, -0.05) is 60.7 Å². The number of hydrogen-bond donors (Lipinski definition) is 0. The Labute approximate surface area is 204 Å². The van der Waals surface area contributed by atoms with Crippen LogP contribution in [0.25, 0.3) is 11.0 Å². The fourth-order valence-electron chi connectivity index (χ4n) is 4.03. The summed E-state index contributed by atoms with van der Waals surface area (Å²) in [5.41, 5.74) is 4.79. The third kappa shape index (κ3) is 4.51. The second-order valence-electron chi connectivity index (χ2n) is 9.26. The molecule has 0 radical (unpaired) electrons. The van der Waals surface area contributed by atoms with Gasteiger partial charge in [-0.05, 0) is 32.9 Å². The van der Waals surface area contributed by atoms with E-state index < -0.39 is 0 Å². The van der Waals surface area contributed by atoms with Gasteiger partial charge in [-0.2, -0.15) is 0 Å². The highest BCUT2D eigenvalue weighted by Crippen LogP contribution is 2.28. The maximum atomic E-state index is 13.6. The van der Waals surface area contributed by atoms with Gasteiger partial charge in [0.05, 0.1) is 17.0 Å². The molecule has 172 valence electrons. The number of ketones is 1. The standard InChI is InChI=1S/C29H25N5O/c1-29(2,3)34-18-24(23-17-30-19-32-28(23)34)27(35)25-16-22(14-15-31-25)33-26(20-10-6-4-7-11-20)21-12-8-5-9-13-21/h4-19H,1-3H3. The van der Waals surface area contributed by atoms with Crippen molar-refractivity contribution >= 4 is 28.2 Å². The SMILES string of the molecule is CC(C)(C)n1cc(C(=O)c2cc(N=C(c3ccccc3)c3ccccc3)ccn2)c2cncnc21. The fraction of sp³-hybridized carbons (Fsp3) is 0.138. The molecule has 5 rings (SSSR count). The molecular weight excluding hydrogens is 434 g/mol. The van der Waals surface area contributed by atoms with E-state index >= 15 is 0 Å². The predicted molar refractivity (Wildman–Crippen MR) is 138 cm³/mol. The molecule has 0 saturated heterocycles. The highest BCUT2D eigenvalue weighted by atomic mass is 16.1. The van der Waals surface area contributed by atoms with Crippen molar-refractivity contribution in [3.8, 4) is 0 Å². The van der Waals surface area contributed by atoms with Crippen LogP contribution in [0.4, 0.5) is 5.69 Å². The first-order chi connectivity index (χ1) is 16.9. The van der Waals surface area contributed by atoms with Crippen molar-refractivity contribution in [3.05, 3.63) is 120 Å². The fourth-order valence-corrected chi connectivity index (χ4v) is 4.03. The Morgan fingerprint density at radius 3 is 2.17 bits per heavy atom. The van der Waals surface area contributed by atoms with E-state index in [-0.39, 0.29) is 11.3 Å². The van der Waals surface area contributed by atoms with Crippen LogP contribution in [0.2, 0.25) is 0 Å². The van der Waals surface area contributed by atoms with Gasteiger partial charge in [0, 0.05) is 40.6 Å². The molecule has 0 aliphatic carbocycles. The molecule has 2 aromatic carbocycles. The first-order valence-electron chi connectivity index (χ1n) is 11.4. The van der Waals surface area contributed by atoms with Crippen molar-refractivity contribution in [2.45, 2.75) is 26.3 Å². The third-order valence-corrected chi connectivity index (χ3v) is 5.75. The number of aliphatic imine (C=N–C) groups is 1. The molecule has 0 aliphatic rings. The molecule has 6 nitrogen and oxygen atoms in total. The molecular formula is C29H25N5O. The zero-order valence-electron chi connectivity index (χ0n) is 19.9. The van der Waals surface area contributed by atoms with Gasteiger partial charge < -0.3 is 4.57 Å². The summed E-state index contributed by atoms with van der Waals surface area (Å²) in [4.78, 5) is 31.5. The van der Waals surface area contributed by atoms with E-state index in [9.17, 15) is 4.79 Å². The van der Waals surface area contributed by atoms with Gasteiger partial charge in [0.2, 0.25) is 5.78 Å². The summed E-state index contributed by atoms with van der Waals surface area (Å²) >= 11 is 0. The number of fused-ring (bicyclic) bond motifs is 1. The Kier molecular flexibility index (Phi) is 5.79. The molecule has 0 fully saturated rings. The number of nitrogens with zero attached hydrogens (tertiary/aromatic N) is 5. The van der Waals surface area contributed by atoms with Crippen LogP contribution in [-0.2, 0) is 5.54 Å². The number of hydrogen-bond acceptors (Lipinski definition) is 5. The monoisotopic (exact) mass is 459 g/mol. The lowest BCUT2D eigenvalue weighted by Gasteiger charge is -2.21. The largest absolute Gasteiger partial charge is 0.326 e. The molecule has 3 aromatic heterocycles. The lowest BCUT2D eigenvalue weighted by atomic mass is 10.0. The van der Waals surface area contributed by atoms with E-state index in [0.29, 0.717) is 22.3 Å². The predicted octanol–water partition coefficient (Wildman–Crippen LogP) is 5.98. The van der Waals surface area contributed by atoms with Crippen LogP contribution in [-0.4, -0.2) is 31.0 Å². The van der Waals surface area contributed by atoms with Gasteiger partial charge >= 0.3 is 0 Å². The van der Waals surface area contributed by atoms with Gasteiger partial charge in [-0.3, -0.25) is 9.78 Å². The first kappa shape index (κ1) is 22.3. The van der Waals surface area contributed by atoms with Gasteiger partial charge in [0.25, 0.3) is 0 Å². The number of rotatable bonds is 5. The number of carbonyl (C=O) groups is 1. The second kappa shape index (κ2) is 9.06. The van der Waals surface area contributed by atoms with E-state index in [4.69, 9.17) is 4.99 Å². The number of aromatic nitrogens is 4. The van der Waals surface area contributed by atoms with Gasteiger partial charge in [-0.15, -0.1) is 0 Å². The van der Waals surface area contributed by atoms with E-state index in [0.717, 1.165) is 22.5 Å². The molecule has 0 atom stereocenters. The summed E-state index contributed by atoms with van der Waals surface area (Å²) in [7, 11) is 0. The quantitative estimate of drug-likeness (QED) is 0.239. The Morgan fingerprint density at radius 2 is 1.54 bits per heavy atom. The highest BCUT2D eigenvalue weighted by Gasteiger charge is 2.24. The van der Waals surface area contributed by atoms with Crippen LogP contribution in [0.5, 0.6) is 0 Å². The maximum absolute atomic E-state index is 13.6. The van der Waals surface area contributed by atoms with E-state index in [2.05, 4.69) is 35.7 Å². The van der Waals surface area contributed by atoms with Crippen molar-refractivity contribution in [1.29, 1.82) is 0 Å². The minimum Gasteiger partial charge on any atom is -0.326 e. The third-order valence-electron chi connectivity index (χ3n) is 5.75. The zero-order valence-corrected chi connectivity index (χ0v) is 19.9. The van der Waals surface area contributed by atoms with Crippen molar-refractivity contribution < 1.29 is 4.79 Å². The smallest absolute Gasteiger partial charge is 0.213 e. The van der Waals surface area contributed by atoms with Crippen LogP contribution < -0.4 is 0 Å². The molecule has 35 heavy (non-hydrogen) atoms. The first-order valence-corrected chi connectivity index (χ1v) is 11.4.